The van der Waals surface area contributed by atoms with Crippen LogP contribution in [0.25, 0.3) is 11.0 Å². The van der Waals surface area contributed by atoms with Crippen molar-refractivity contribution in [2.45, 2.75) is 39.3 Å². The lowest BCUT2D eigenvalue weighted by molar-refractivity contribution is 0.0690. The molecule has 1 unspecified atom stereocenters. The zero-order valence-corrected chi connectivity index (χ0v) is 18.1. The second kappa shape index (κ2) is 9.43. The molecular formula is C21H26FN7O3. The van der Waals surface area contributed by atoms with E-state index in [-0.39, 0.29) is 37.0 Å². The SMILES string of the molecule is Cc1ccnc(Nc2nc(N3CCCC3C)nc3c(C(=O)O)nn(CCOCCF)c23)c1. The molecule has 10 nitrogen and oxygen atoms in total. The van der Waals surface area contributed by atoms with E-state index in [1.54, 1.807) is 6.20 Å². The number of alkyl halides is 1. The number of carbonyl (C=O) groups is 1. The molecule has 0 aliphatic carbocycles. The average Bonchev–Trinajstić information content (AvgIpc) is 3.35. The molecule has 4 heterocycles. The number of aromatic nitrogens is 5. The summed E-state index contributed by atoms with van der Waals surface area (Å²) in [6, 6.07) is 4.00. The zero-order valence-electron chi connectivity index (χ0n) is 18.1. The highest BCUT2D eigenvalue weighted by molar-refractivity contribution is 6.03. The molecule has 0 spiro atoms. The van der Waals surface area contributed by atoms with Crippen LogP contribution in [0.1, 0.15) is 35.8 Å². The van der Waals surface area contributed by atoms with Gasteiger partial charge in [-0.2, -0.15) is 10.1 Å². The second-order valence-electron chi connectivity index (χ2n) is 7.78. The van der Waals surface area contributed by atoms with Crippen molar-refractivity contribution in [3.05, 3.63) is 29.6 Å². The van der Waals surface area contributed by atoms with Gasteiger partial charge in [-0.15, -0.1) is 0 Å². The smallest absolute Gasteiger partial charge is 0.358 e. The molecule has 11 heteroatoms. The highest BCUT2D eigenvalue weighted by Crippen LogP contribution is 2.31. The first-order valence-electron chi connectivity index (χ1n) is 10.6. The Bertz CT molecular complexity index is 1120. The molecule has 32 heavy (non-hydrogen) atoms. The van der Waals surface area contributed by atoms with Gasteiger partial charge in [0.15, 0.2) is 11.5 Å². The van der Waals surface area contributed by atoms with Gasteiger partial charge in [0.1, 0.15) is 23.5 Å². The summed E-state index contributed by atoms with van der Waals surface area (Å²) >= 11 is 0. The molecule has 0 amide bonds. The summed E-state index contributed by atoms with van der Waals surface area (Å²) in [5.74, 6) is 0.252. The zero-order chi connectivity index (χ0) is 22.7. The fourth-order valence-corrected chi connectivity index (χ4v) is 3.86. The van der Waals surface area contributed by atoms with Gasteiger partial charge in [0.25, 0.3) is 0 Å². The number of hydrogen-bond donors (Lipinski definition) is 2. The molecule has 3 aromatic heterocycles. The van der Waals surface area contributed by atoms with Gasteiger partial charge in [0, 0.05) is 18.8 Å². The standard InChI is InChI=1S/C21H26FN7O3/c1-13-5-7-23-15(12-13)24-19-18-16(25-21(26-19)28-8-3-4-14(28)2)17(20(30)31)27-29(18)9-11-32-10-6-22/h5,7,12,14H,3-4,6,8-11H2,1-2H3,(H,30,31)(H,23,24,25,26). The Morgan fingerprint density at radius 1 is 1.38 bits per heavy atom. The number of rotatable bonds is 9. The number of fused-ring (bicyclic) bond motifs is 1. The van der Waals surface area contributed by atoms with E-state index in [2.05, 4.69) is 32.2 Å². The average molecular weight is 443 g/mol. The number of carboxylic acids is 1. The molecule has 4 rings (SSSR count). The largest absolute Gasteiger partial charge is 0.476 e. The first-order valence-corrected chi connectivity index (χ1v) is 10.6. The van der Waals surface area contributed by atoms with Crippen LogP contribution in [0.3, 0.4) is 0 Å². The van der Waals surface area contributed by atoms with Gasteiger partial charge in [0.05, 0.1) is 19.8 Å². The maximum Gasteiger partial charge on any atom is 0.358 e. The lowest BCUT2D eigenvalue weighted by Crippen LogP contribution is -2.28. The summed E-state index contributed by atoms with van der Waals surface area (Å²) < 4.78 is 19.1. The Balaban J connectivity index is 1.84. The number of nitrogens with one attached hydrogen (secondary N) is 1. The van der Waals surface area contributed by atoms with Crippen LogP contribution < -0.4 is 10.2 Å². The molecule has 170 valence electrons. The van der Waals surface area contributed by atoms with Gasteiger partial charge in [0.2, 0.25) is 5.95 Å². The van der Waals surface area contributed by atoms with Gasteiger partial charge >= 0.3 is 5.97 Å². The summed E-state index contributed by atoms with van der Waals surface area (Å²) in [4.78, 5) is 27.7. The molecule has 0 saturated carbocycles. The van der Waals surface area contributed by atoms with Crippen LogP contribution >= 0.6 is 0 Å². The van der Waals surface area contributed by atoms with Crippen molar-refractivity contribution in [2.75, 3.05) is 36.6 Å². The Labute approximate surface area is 184 Å². The molecule has 0 aromatic carbocycles. The van der Waals surface area contributed by atoms with Crippen LogP contribution in [0.2, 0.25) is 0 Å². The maximum atomic E-state index is 12.4. The van der Waals surface area contributed by atoms with Crippen LogP contribution in [-0.2, 0) is 11.3 Å². The van der Waals surface area contributed by atoms with Crippen molar-refractivity contribution < 1.29 is 19.0 Å². The molecule has 1 aliphatic heterocycles. The van der Waals surface area contributed by atoms with Crippen LogP contribution in [0.4, 0.5) is 22.0 Å². The topological polar surface area (TPSA) is 118 Å². The third-order valence-electron chi connectivity index (χ3n) is 5.42. The fraction of sp³-hybridized carbons (Fsp3) is 0.476. The molecule has 2 N–H and O–H groups in total. The third kappa shape index (κ3) is 4.47. The van der Waals surface area contributed by atoms with Gasteiger partial charge in [-0.05, 0) is 44.4 Å². The number of nitrogens with zero attached hydrogens (tertiary/aromatic N) is 6. The highest BCUT2D eigenvalue weighted by Gasteiger charge is 2.28. The van der Waals surface area contributed by atoms with Gasteiger partial charge in [-0.1, -0.05) is 0 Å². The quantitative estimate of drug-likeness (QED) is 0.481. The van der Waals surface area contributed by atoms with Crippen LogP contribution in [0, 0.1) is 6.92 Å². The monoisotopic (exact) mass is 443 g/mol. The van der Waals surface area contributed by atoms with E-state index in [1.807, 2.05) is 19.1 Å². The number of aryl methyl sites for hydroxylation is 1. The Kier molecular flexibility index (Phi) is 6.45. The van der Waals surface area contributed by atoms with E-state index in [1.165, 1.54) is 4.68 Å². The first-order chi connectivity index (χ1) is 15.5. The van der Waals surface area contributed by atoms with E-state index in [9.17, 15) is 14.3 Å². The number of hydrogen-bond acceptors (Lipinski definition) is 8. The molecule has 0 bridgehead atoms. The minimum Gasteiger partial charge on any atom is -0.476 e. The minimum absolute atomic E-state index is 0.0309. The van der Waals surface area contributed by atoms with Crippen molar-refractivity contribution >= 4 is 34.6 Å². The number of anilines is 3. The molecular weight excluding hydrogens is 417 g/mol. The molecule has 1 aliphatic rings. The molecule has 1 fully saturated rings. The molecule has 1 saturated heterocycles. The van der Waals surface area contributed by atoms with Crippen molar-refractivity contribution in [2.24, 2.45) is 0 Å². The lowest BCUT2D eigenvalue weighted by Gasteiger charge is -2.22. The van der Waals surface area contributed by atoms with Crippen molar-refractivity contribution in [1.82, 2.24) is 24.7 Å². The molecule has 1 atom stereocenters. The Morgan fingerprint density at radius 3 is 2.91 bits per heavy atom. The number of aromatic carboxylic acids is 1. The van der Waals surface area contributed by atoms with E-state index in [4.69, 9.17) is 9.72 Å². The molecule has 0 radical (unpaired) electrons. The van der Waals surface area contributed by atoms with E-state index < -0.39 is 12.6 Å². The molecule has 3 aromatic rings. The van der Waals surface area contributed by atoms with Gasteiger partial charge in [-0.3, -0.25) is 4.68 Å². The second-order valence-corrected chi connectivity index (χ2v) is 7.78. The predicted octanol–water partition coefficient (Wildman–Crippen LogP) is 2.95. The van der Waals surface area contributed by atoms with Crippen LogP contribution in [0.5, 0.6) is 0 Å². The number of pyridine rings is 1. The Morgan fingerprint density at radius 2 is 2.22 bits per heavy atom. The van der Waals surface area contributed by atoms with E-state index in [0.717, 1.165) is 24.9 Å². The van der Waals surface area contributed by atoms with Crippen molar-refractivity contribution in [3.8, 4) is 0 Å². The Hall–Kier alpha value is -3.34. The first kappa shape index (κ1) is 21.9. The predicted molar refractivity (Wildman–Crippen MR) is 117 cm³/mol. The van der Waals surface area contributed by atoms with E-state index >= 15 is 0 Å². The van der Waals surface area contributed by atoms with E-state index in [0.29, 0.717) is 23.1 Å². The third-order valence-corrected chi connectivity index (χ3v) is 5.42. The van der Waals surface area contributed by atoms with Crippen molar-refractivity contribution in [1.29, 1.82) is 0 Å². The van der Waals surface area contributed by atoms with Crippen LogP contribution in [0.15, 0.2) is 18.3 Å². The lowest BCUT2D eigenvalue weighted by atomic mass is 10.2. The maximum absolute atomic E-state index is 12.4. The number of carboxylic acid groups (broad SMARTS) is 1. The number of halogens is 1. The normalized spacial score (nSPS) is 16.1. The van der Waals surface area contributed by atoms with Gasteiger partial charge in [-0.25, -0.2) is 19.2 Å². The minimum atomic E-state index is -1.18. The summed E-state index contributed by atoms with van der Waals surface area (Å²) in [6.45, 7) is 4.62. The highest BCUT2D eigenvalue weighted by atomic mass is 19.1. The summed E-state index contributed by atoms with van der Waals surface area (Å²) in [5.41, 5.74) is 1.52. The summed E-state index contributed by atoms with van der Waals surface area (Å²) in [5, 5.41) is 17.2. The fourth-order valence-electron chi connectivity index (χ4n) is 3.86. The van der Waals surface area contributed by atoms with Gasteiger partial charge < -0.3 is 20.1 Å². The van der Waals surface area contributed by atoms with Crippen LogP contribution in [-0.4, -0.2) is 68.3 Å². The van der Waals surface area contributed by atoms with Crippen molar-refractivity contribution in [3.63, 3.8) is 0 Å². The summed E-state index contributed by atoms with van der Waals surface area (Å²) in [7, 11) is 0. The summed E-state index contributed by atoms with van der Waals surface area (Å²) in [6.07, 6.45) is 3.71. The number of ether oxygens (including phenoxy) is 1.